The summed E-state index contributed by atoms with van der Waals surface area (Å²) in [5.41, 5.74) is 1.95. The summed E-state index contributed by atoms with van der Waals surface area (Å²) < 4.78 is 10.8. The van der Waals surface area contributed by atoms with Gasteiger partial charge in [0, 0.05) is 17.6 Å². The average molecular weight is 377 g/mol. The summed E-state index contributed by atoms with van der Waals surface area (Å²) in [6, 6.07) is 10.2. The molecule has 0 aromatic heterocycles. The van der Waals surface area contributed by atoms with Crippen molar-refractivity contribution < 1.29 is 19.1 Å². The molecule has 0 atom stereocenters. The number of amides is 2. The van der Waals surface area contributed by atoms with Crippen LogP contribution in [0.4, 0.5) is 11.4 Å². The maximum Gasteiger partial charge on any atom is 0.262 e. The van der Waals surface area contributed by atoms with Crippen LogP contribution in [0.3, 0.4) is 0 Å². The van der Waals surface area contributed by atoms with Crippen LogP contribution in [0, 0.1) is 0 Å². The highest BCUT2D eigenvalue weighted by atomic mass is 35.5. The van der Waals surface area contributed by atoms with Crippen LogP contribution in [0.5, 0.6) is 11.5 Å². The van der Waals surface area contributed by atoms with Crippen molar-refractivity contribution in [1.82, 2.24) is 0 Å². The van der Waals surface area contributed by atoms with Crippen LogP contribution in [0.25, 0.3) is 0 Å². The summed E-state index contributed by atoms with van der Waals surface area (Å²) in [6.45, 7) is 3.23. The number of anilines is 2. The van der Waals surface area contributed by atoms with Crippen LogP contribution in [0.1, 0.15) is 19.4 Å². The van der Waals surface area contributed by atoms with E-state index in [9.17, 15) is 9.59 Å². The van der Waals surface area contributed by atoms with Crippen LogP contribution in [0.15, 0.2) is 36.4 Å². The molecule has 0 fully saturated rings. The Kier molecular flexibility index (Phi) is 6.86. The molecule has 2 amide bonds. The first-order chi connectivity index (χ1) is 12.4. The minimum absolute atomic E-state index is 0.168. The van der Waals surface area contributed by atoms with E-state index in [4.69, 9.17) is 21.1 Å². The summed E-state index contributed by atoms with van der Waals surface area (Å²) in [6.07, 6.45) is 0.773. The van der Waals surface area contributed by atoms with Gasteiger partial charge in [-0.15, -0.1) is 0 Å². The Bertz CT molecular complexity index is 808. The fourth-order valence-corrected chi connectivity index (χ4v) is 2.58. The number of carbonyl (C=O) groups excluding carboxylic acids is 2. The number of aryl methyl sites for hydroxylation is 1. The summed E-state index contributed by atoms with van der Waals surface area (Å²) in [5, 5.41) is 6.05. The van der Waals surface area contributed by atoms with Crippen molar-refractivity contribution in [3.63, 3.8) is 0 Å². The molecule has 7 heteroatoms. The Labute approximate surface area is 157 Å². The number of carbonyl (C=O) groups is 2. The van der Waals surface area contributed by atoms with Gasteiger partial charge in [0.15, 0.2) is 6.61 Å². The number of rotatable bonds is 7. The standard InChI is InChI=1S/C19H21ClN2O4/c1-4-13-9-15(6-7-16(13)20)26-11-19(24)22-17-10-14(21-12(2)23)5-8-18(17)25-3/h5-10H,4,11H2,1-3H3,(H,21,23)(H,22,24). The predicted octanol–water partition coefficient (Wildman–Crippen LogP) is 3.89. The van der Waals surface area contributed by atoms with Crippen molar-refractivity contribution in [2.24, 2.45) is 0 Å². The normalized spacial score (nSPS) is 10.2. The van der Waals surface area contributed by atoms with E-state index < -0.39 is 0 Å². The van der Waals surface area contributed by atoms with Gasteiger partial charge in [-0.1, -0.05) is 18.5 Å². The van der Waals surface area contributed by atoms with E-state index in [0.717, 1.165) is 12.0 Å². The molecule has 0 spiro atoms. The van der Waals surface area contributed by atoms with Gasteiger partial charge < -0.3 is 20.1 Å². The molecule has 2 rings (SSSR count). The molecule has 0 aliphatic heterocycles. The maximum atomic E-state index is 12.2. The highest BCUT2D eigenvalue weighted by Crippen LogP contribution is 2.28. The number of halogens is 1. The van der Waals surface area contributed by atoms with E-state index in [1.807, 2.05) is 13.0 Å². The number of nitrogens with one attached hydrogen (secondary N) is 2. The second kappa shape index (κ2) is 9.10. The van der Waals surface area contributed by atoms with Crippen molar-refractivity contribution >= 4 is 34.8 Å². The first kappa shape index (κ1) is 19.6. The minimum atomic E-state index is -0.351. The maximum absolute atomic E-state index is 12.2. The molecular formula is C19H21ClN2O4. The number of hydrogen-bond acceptors (Lipinski definition) is 4. The smallest absolute Gasteiger partial charge is 0.262 e. The van der Waals surface area contributed by atoms with Crippen LogP contribution in [-0.2, 0) is 16.0 Å². The largest absolute Gasteiger partial charge is 0.495 e. The molecule has 26 heavy (non-hydrogen) atoms. The van der Waals surface area contributed by atoms with E-state index in [0.29, 0.717) is 27.9 Å². The van der Waals surface area contributed by atoms with Gasteiger partial charge >= 0.3 is 0 Å². The first-order valence-electron chi connectivity index (χ1n) is 8.09. The van der Waals surface area contributed by atoms with Gasteiger partial charge in [0.05, 0.1) is 12.8 Å². The van der Waals surface area contributed by atoms with Crippen LogP contribution >= 0.6 is 11.6 Å². The molecule has 2 aromatic rings. The molecule has 0 bridgehead atoms. The lowest BCUT2D eigenvalue weighted by molar-refractivity contribution is -0.118. The summed E-state index contributed by atoms with van der Waals surface area (Å²) in [5.74, 6) is 0.495. The zero-order chi connectivity index (χ0) is 19.1. The molecule has 138 valence electrons. The molecule has 0 saturated carbocycles. The molecule has 0 unspecified atom stereocenters. The van der Waals surface area contributed by atoms with E-state index in [1.54, 1.807) is 30.3 Å². The minimum Gasteiger partial charge on any atom is -0.495 e. The second-order valence-corrected chi connectivity index (χ2v) is 5.95. The third kappa shape index (κ3) is 5.39. The topological polar surface area (TPSA) is 76.7 Å². The number of methoxy groups -OCH3 is 1. The highest BCUT2D eigenvalue weighted by Gasteiger charge is 2.11. The second-order valence-electron chi connectivity index (χ2n) is 5.54. The van der Waals surface area contributed by atoms with E-state index in [1.165, 1.54) is 14.0 Å². The van der Waals surface area contributed by atoms with Crippen molar-refractivity contribution in [1.29, 1.82) is 0 Å². The Morgan fingerprint density at radius 1 is 1.12 bits per heavy atom. The average Bonchev–Trinajstić information content (AvgIpc) is 2.60. The Balaban J connectivity index is 2.03. The van der Waals surface area contributed by atoms with Gasteiger partial charge in [0.2, 0.25) is 5.91 Å². The lowest BCUT2D eigenvalue weighted by Crippen LogP contribution is -2.20. The van der Waals surface area contributed by atoms with Crippen LogP contribution < -0.4 is 20.1 Å². The lowest BCUT2D eigenvalue weighted by atomic mass is 10.1. The zero-order valence-electron chi connectivity index (χ0n) is 14.9. The lowest BCUT2D eigenvalue weighted by Gasteiger charge is -2.13. The highest BCUT2D eigenvalue weighted by molar-refractivity contribution is 6.31. The third-order valence-corrected chi connectivity index (χ3v) is 3.93. The number of ether oxygens (including phenoxy) is 2. The Morgan fingerprint density at radius 3 is 2.54 bits per heavy atom. The molecule has 2 N–H and O–H groups in total. The van der Waals surface area contributed by atoms with Crippen molar-refractivity contribution in [3.8, 4) is 11.5 Å². The Hall–Kier alpha value is -2.73. The fraction of sp³-hybridized carbons (Fsp3) is 0.263. The summed E-state index contributed by atoms with van der Waals surface area (Å²) in [4.78, 5) is 23.4. The monoisotopic (exact) mass is 376 g/mol. The molecule has 2 aromatic carbocycles. The van der Waals surface area contributed by atoms with Gasteiger partial charge in [0.25, 0.3) is 5.91 Å². The van der Waals surface area contributed by atoms with Gasteiger partial charge in [0.1, 0.15) is 11.5 Å². The van der Waals surface area contributed by atoms with Gasteiger partial charge in [-0.25, -0.2) is 0 Å². The molecule has 0 saturated heterocycles. The van der Waals surface area contributed by atoms with E-state index in [-0.39, 0.29) is 18.4 Å². The molecule has 6 nitrogen and oxygen atoms in total. The third-order valence-electron chi connectivity index (χ3n) is 3.56. The van der Waals surface area contributed by atoms with Gasteiger partial charge in [-0.2, -0.15) is 0 Å². The summed E-state index contributed by atoms with van der Waals surface area (Å²) >= 11 is 6.07. The van der Waals surface area contributed by atoms with Crippen LogP contribution in [-0.4, -0.2) is 25.5 Å². The Morgan fingerprint density at radius 2 is 1.88 bits per heavy atom. The fourth-order valence-electron chi connectivity index (χ4n) is 2.33. The molecular weight excluding hydrogens is 356 g/mol. The molecule has 0 aliphatic rings. The molecule has 0 aliphatic carbocycles. The van der Waals surface area contributed by atoms with Crippen molar-refractivity contribution in [2.75, 3.05) is 24.4 Å². The first-order valence-corrected chi connectivity index (χ1v) is 8.47. The predicted molar refractivity (Wildman–Crippen MR) is 102 cm³/mol. The quantitative estimate of drug-likeness (QED) is 0.768. The SMILES string of the molecule is CCc1cc(OCC(=O)Nc2cc(NC(C)=O)ccc2OC)ccc1Cl. The summed E-state index contributed by atoms with van der Waals surface area (Å²) in [7, 11) is 1.50. The molecule has 0 heterocycles. The molecule has 0 radical (unpaired) electrons. The van der Waals surface area contributed by atoms with Gasteiger partial charge in [-0.05, 0) is 48.4 Å². The number of hydrogen-bond donors (Lipinski definition) is 2. The van der Waals surface area contributed by atoms with Crippen molar-refractivity contribution in [3.05, 3.63) is 47.0 Å². The van der Waals surface area contributed by atoms with Gasteiger partial charge in [-0.3, -0.25) is 9.59 Å². The van der Waals surface area contributed by atoms with Crippen molar-refractivity contribution in [2.45, 2.75) is 20.3 Å². The van der Waals surface area contributed by atoms with E-state index >= 15 is 0 Å². The van der Waals surface area contributed by atoms with E-state index in [2.05, 4.69) is 10.6 Å². The number of benzene rings is 2. The zero-order valence-corrected chi connectivity index (χ0v) is 15.6. The van der Waals surface area contributed by atoms with Crippen LogP contribution in [0.2, 0.25) is 5.02 Å².